The minimum Gasteiger partial charge on any atom is -0.505 e. The summed E-state index contributed by atoms with van der Waals surface area (Å²) in [4.78, 5) is 3.78. The molecule has 0 spiro atoms. The maximum atomic E-state index is 9.68. The van der Waals surface area contributed by atoms with Gasteiger partial charge in [-0.1, -0.05) is 53.5 Å². The molecule has 2 aromatic carbocycles. The van der Waals surface area contributed by atoms with Gasteiger partial charge in [0.15, 0.2) is 5.75 Å². The van der Waals surface area contributed by atoms with Crippen LogP contribution in [0.2, 0.25) is 10.0 Å². The second-order valence-corrected chi connectivity index (χ2v) is 5.15. The molecule has 0 saturated heterocycles. The highest BCUT2D eigenvalue weighted by Crippen LogP contribution is 2.33. The van der Waals surface area contributed by atoms with Crippen LogP contribution in [0.25, 0.3) is 0 Å². The molecule has 7 heteroatoms. The van der Waals surface area contributed by atoms with Crippen LogP contribution < -0.4 is 11.2 Å². The monoisotopic (exact) mass is 336 g/mol. The van der Waals surface area contributed by atoms with Gasteiger partial charge in [0.1, 0.15) is 0 Å². The molecule has 0 atom stereocenters. The molecule has 0 aromatic heterocycles. The topological polar surface area (TPSA) is 83.0 Å². The van der Waals surface area contributed by atoms with Crippen molar-refractivity contribution in [3.05, 3.63) is 63.6 Å². The van der Waals surface area contributed by atoms with Crippen molar-refractivity contribution in [3.8, 4) is 5.75 Å². The number of phenolic OH excluding ortho intramolecular Hbond substituents is 1. The van der Waals surface area contributed by atoms with Crippen LogP contribution in [0.1, 0.15) is 11.1 Å². The van der Waals surface area contributed by atoms with Crippen LogP contribution in [-0.2, 0) is 0 Å². The minimum atomic E-state index is -0.165. The Labute approximate surface area is 138 Å². The lowest BCUT2D eigenvalue weighted by Gasteiger charge is -2.10. The zero-order valence-corrected chi connectivity index (χ0v) is 13.2. The van der Waals surface area contributed by atoms with E-state index in [9.17, 15) is 5.11 Å². The molecule has 5 nitrogen and oxygen atoms in total. The molecule has 114 valence electrons. The van der Waals surface area contributed by atoms with Gasteiger partial charge in [0.05, 0.1) is 15.8 Å². The summed E-state index contributed by atoms with van der Waals surface area (Å²) in [5.74, 6) is 0.00601. The molecule has 0 unspecified atom stereocenters. The van der Waals surface area contributed by atoms with E-state index in [-0.39, 0.29) is 21.8 Å². The Kier molecular flexibility index (Phi) is 5.25. The lowest BCUT2D eigenvalue weighted by Crippen LogP contribution is -2.28. The predicted molar refractivity (Wildman–Crippen MR) is 90.9 cm³/mol. The van der Waals surface area contributed by atoms with Crippen LogP contribution in [0, 0.1) is 0 Å². The van der Waals surface area contributed by atoms with Crippen LogP contribution >= 0.6 is 23.2 Å². The van der Waals surface area contributed by atoms with Gasteiger partial charge < -0.3 is 10.8 Å². The number of halogens is 2. The molecule has 0 aliphatic carbocycles. The number of hydrogen-bond acceptors (Lipinski definition) is 3. The van der Waals surface area contributed by atoms with E-state index < -0.39 is 0 Å². The second-order valence-electron chi connectivity index (χ2n) is 4.34. The van der Waals surface area contributed by atoms with E-state index in [2.05, 4.69) is 15.5 Å². The summed E-state index contributed by atoms with van der Waals surface area (Å²) in [6, 6.07) is 12.6. The van der Waals surface area contributed by atoms with Crippen LogP contribution in [-0.4, -0.2) is 23.8 Å². The van der Waals surface area contributed by atoms with Crippen molar-refractivity contribution in [2.24, 2.45) is 15.8 Å². The van der Waals surface area contributed by atoms with Gasteiger partial charge in [-0.05, 0) is 12.1 Å². The third-order valence-corrected chi connectivity index (χ3v) is 3.44. The molecule has 0 radical (unpaired) electrons. The van der Waals surface area contributed by atoms with Crippen molar-refractivity contribution in [1.82, 2.24) is 5.43 Å². The molecule has 2 rings (SSSR count). The smallest absolute Gasteiger partial charge is 0.209 e. The summed E-state index contributed by atoms with van der Waals surface area (Å²) < 4.78 is 0. The third-order valence-electron chi connectivity index (χ3n) is 2.86. The van der Waals surface area contributed by atoms with E-state index in [0.29, 0.717) is 11.3 Å². The van der Waals surface area contributed by atoms with Gasteiger partial charge in [0.25, 0.3) is 0 Å². The molecule has 0 aliphatic heterocycles. The summed E-state index contributed by atoms with van der Waals surface area (Å²) >= 11 is 12.0. The summed E-state index contributed by atoms with van der Waals surface area (Å²) in [6.45, 7) is 0. The Bertz CT molecular complexity index is 707. The van der Waals surface area contributed by atoms with Gasteiger partial charge in [-0.15, -0.1) is 0 Å². The number of hydrazone groups is 1. The molecule has 0 amide bonds. The van der Waals surface area contributed by atoms with Crippen molar-refractivity contribution in [3.63, 3.8) is 0 Å². The molecule has 0 heterocycles. The molecule has 4 N–H and O–H groups in total. The van der Waals surface area contributed by atoms with Crippen molar-refractivity contribution in [2.45, 2.75) is 0 Å². The fraction of sp³-hybridized carbons (Fsp3) is 0.0667. The number of nitrogens with zero attached hydrogens (tertiary/aromatic N) is 2. The minimum absolute atomic E-state index is 0.142. The standard InChI is InChI=1S/C15H14Cl2N4O/c1-19-15(18)21-20-13(9-5-3-2-4-6-9)10-7-11(16)14(22)12(17)8-10/h2-8,22H,1H3,(H3,18,19,21). The molecule has 0 bridgehead atoms. The van der Waals surface area contributed by atoms with E-state index in [1.165, 1.54) is 0 Å². The quantitative estimate of drug-likeness (QED) is 0.457. The Morgan fingerprint density at radius 1 is 1.09 bits per heavy atom. The number of phenols is 1. The zero-order valence-electron chi connectivity index (χ0n) is 11.7. The highest BCUT2D eigenvalue weighted by atomic mass is 35.5. The largest absolute Gasteiger partial charge is 0.505 e. The van der Waals surface area contributed by atoms with E-state index in [1.54, 1.807) is 19.2 Å². The average Bonchev–Trinajstić information content (AvgIpc) is 2.53. The first kappa shape index (κ1) is 16.1. The number of guanidine groups is 1. The van der Waals surface area contributed by atoms with Crippen molar-refractivity contribution in [2.75, 3.05) is 7.05 Å². The maximum Gasteiger partial charge on any atom is 0.209 e. The van der Waals surface area contributed by atoms with Crippen LogP contribution in [0.3, 0.4) is 0 Å². The summed E-state index contributed by atoms with van der Waals surface area (Å²) in [7, 11) is 1.55. The number of hydrogen-bond donors (Lipinski definition) is 3. The summed E-state index contributed by atoms with van der Waals surface area (Å²) in [5.41, 5.74) is 10.3. The molecular weight excluding hydrogens is 323 g/mol. The highest BCUT2D eigenvalue weighted by Gasteiger charge is 2.13. The van der Waals surface area contributed by atoms with E-state index in [0.717, 1.165) is 5.56 Å². The Morgan fingerprint density at radius 3 is 2.23 bits per heavy atom. The predicted octanol–water partition coefficient (Wildman–Crippen LogP) is 2.99. The van der Waals surface area contributed by atoms with E-state index in [1.807, 2.05) is 30.3 Å². The number of nitrogens with two attached hydrogens (primary N) is 1. The first-order valence-corrected chi connectivity index (χ1v) is 7.08. The van der Waals surface area contributed by atoms with Gasteiger partial charge in [-0.2, -0.15) is 5.10 Å². The maximum absolute atomic E-state index is 9.68. The molecule has 0 aliphatic rings. The Morgan fingerprint density at radius 2 is 1.68 bits per heavy atom. The number of nitrogens with one attached hydrogen (secondary N) is 1. The molecule has 0 saturated carbocycles. The Hall–Kier alpha value is -2.24. The fourth-order valence-corrected chi connectivity index (χ4v) is 2.24. The first-order valence-electron chi connectivity index (χ1n) is 6.32. The van der Waals surface area contributed by atoms with Gasteiger partial charge >= 0.3 is 0 Å². The average molecular weight is 337 g/mol. The first-order chi connectivity index (χ1) is 10.5. The number of rotatable bonds is 3. The van der Waals surface area contributed by atoms with Gasteiger partial charge in [0.2, 0.25) is 5.96 Å². The molecule has 0 fully saturated rings. The van der Waals surface area contributed by atoms with Crippen LogP contribution in [0.15, 0.2) is 52.6 Å². The molecule has 22 heavy (non-hydrogen) atoms. The van der Waals surface area contributed by atoms with Crippen LogP contribution in [0.4, 0.5) is 0 Å². The number of aliphatic imine (C=N–C) groups is 1. The van der Waals surface area contributed by atoms with Crippen LogP contribution in [0.5, 0.6) is 5.75 Å². The number of aromatic hydroxyl groups is 1. The number of benzene rings is 2. The van der Waals surface area contributed by atoms with Gasteiger partial charge in [0, 0.05) is 18.2 Å². The zero-order chi connectivity index (χ0) is 16.1. The van der Waals surface area contributed by atoms with E-state index >= 15 is 0 Å². The van der Waals surface area contributed by atoms with Gasteiger partial charge in [-0.25, -0.2) is 5.43 Å². The normalized spacial score (nSPS) is 12.3. The second kappa shape index (κ2) is 7.15. The Balaban J connectivity index is 2.54. The highest BCUT2D eigenvalue weighted by molar-refractivity contribution is 6.38. The summed E-state index contributed by atoms with van der Waals surface area (Å²) in [5, 5.41) is 14.2. The summed E-state index contributed by atoms with van der Waals surface area (Å²) in [6.07, 6.45) is 0. The lowest BCUT2D eigenvalue weighted by molar-refractivity contribution is 0.476. The van der Waals surface area contributed by atoms with Crippen molar-refractivity contribution in [1.29, 1.82) is 0 Å². The van der Waals surface area contributed by atoms with Crippen molar-refractivity contribution < 1.29 is 5.11 Å². The molecule has 2 aromatic rings. The van der Waals surface area contributed by atoms with E-state index in [4.69, 9.17) is 28.9 Å². The fourth-order valence-electron chi connectivity index (χ4n) is 1.76. The third kappa shape index (κ3) is 3.69. The van der Waals surface area contributed by atoms with Crippen molar-refractivity contribution >= 4 is 34.9 Å². The SMILES string of the molecule is CN=C(N)NN=C(c1ccccc1)c1cc(Cl)c(O)c(Cl)c1. The molecular formula is C15H14Cl2N4O. The van der Waals surface area contributed by atoms with Gasteiger partial charge in [-0.3, -0.25) is 4.99 Å². The lowest BCUT2D eigenvalue weighted by atomic mass is 10.0.